The second-order valence-corrected chi connectivity index (χ2v) is 4.54. The van der Waals surface area contributed by atoms with E-state index in [4.69, 9.17) is 4.74 Å². The molecule has 0 amide bonds. The minimum absolute atomic E-state index is 0.544. The average Bonchev–Trinajstić information content (AvgIpc) is 2.81. The van der Waals surface area contributed by atoms with Crippen molar-refractivity contribution in [3.05, 3.63) is 24.0 Å². The third kappa shape index (κ3) is 3.08. The van der Waals surface area contributed by atoms with Crippen molar-refractivity contribution >= 4 is 0 Å². The van der Waals surface area contributed by atoms with Gasteiger partial charge in [0.05, 0.1) is 0 Å². The number of aromatic nitrogens is 1. The fourth-order valence-corrected chi connectivity index (χ4v) is 1.95. The molecule has 1 aromatic heterocycles. The Morgan fingerprint density at radius 3 is 3.00 bits per heavy atom. The lowest BCUT2D eigenvalue weighted by molar-refractivity contribution is 0.171. The van der Waals surface area contributed by atoms with Gasteiger partial charge < -0.3 is 15.0 Å². The zero-order valence-corrected chi connectivity index (χ0v) is 9.38. The summed E-state index contributed by atoms with van der Waals surface area (Å²) in [6.45, 7) is 2.96. The number of aromatic amines is 1. The zero-order chi connectivity index (χ0) is 10.6. The average molecular weight is 208 g/mol. The largest absolute Gasteiger partial charge is 0.385 e. The fourth-order valence-electron chi connectivity index (χ4n) is 1.95. The first-order valence-electron chi connectivity index (χ1n) is 5.67. The van der Waals surface area contributed by atoms with Crippen molar-refractivity contribution in [2.45, 2.75) is 25.8 Å². The van der Waals surface area contributed by atoms with Crippen LogP contribution in [0.3, 0.4) is 0 Å². The first-order chi connectivity index (χ1) is 7.35. The van der Waals surface area contributed by atoms with Crippen LogP contribution in [0.1, 0.15) is 25.0 Å². The van der Waals surface area contributed by atoms with Gasteiger partial charge in [-0.15, -0.1) is 0 Å². The van der Waals surface area contributed by atoms with Gasteiger partial charge in [0.15, 0.2) is 0 Å². The van der Waals surface area contributed by atoms with E-state index in [9.17, 15) is 0 Å². The molecule has 0 bridgehead atoms. The molecule has 0 atom stereocenters. The lowest BCUT2D eigenvalue weighted by Gasteiger charge is -2.14. The highest BCUT2D eigenvalue weighted by Crippen LogP contribution is 2.48. The van der Waals surface area contributed by atoms with E-state index >= 15 is 0 Å². The molecular weight excluding hydrogens is 188 g/mol. The number of methoxy groups -OCH3 is 1. The molecule has 84 valence electrons. The summed E-state index contributed by atoms with van der Waals surface area (Å²) in [6.07, 6.45) is 5.87. The normalized spacial score (nSPS) is 17.9. The number of nitrogens with one attached hydrogen (secondary N) is 2. The quantitative estimate of drug-likeness (QED) is 0.718. The standard InChI is InChI=1S/C12H20N2O/c1-15-8-6-12(4-5-12)10-13-9-11-3-2-7-14-11/h2-3,7,13-14H,4-6,8-10H2,1H3. The van der Waals surface area contributed by atoms with Crippen molar-refractivity contribution in [2.24, 2.45) is 5.41 Å². The highest BCUT2D eigenvalue weighted by Gasteiger charge is 2.41. The van der Waals surface area contributed by atoms with Crippen LogP contribution in [0.5, 0.6) is 0 Å². The molecule has 0 radical (unpaired) electrons. The third-order valence-corrected chi connectivity index (χ3v) is 3.27. The number of rotatable bonds is 7. The molecule has 2 rings (SSSR count). The maximum Gasteiger partial charge on any atom is 0.0468 e. The summed E-state index contributed by atoms with van der Waals surface area (Å²) in [7, 11) is 1.78. The molecule has 3 heteroatoms. The molecule has 1 aliphatic carbocycles. The fraction of sp³-hybridized carbons (Fsp3) is 0.667. The Balaban J connectivity index is 1.65. The van der Waals surface area contributed by atoms with Gasteiger partial charge in [0, 0.05) is 38.7 Å². The summed E-state index contributed by atoms with van der Waals surface area (Å²) in [6, 6.07) is 4.15. The van der Waals surface area contributed by atoms with E-state index in [1.807, 2.05) is 12.3 Å². The lowest BCUT2D eigenvalue weighted by Crippen LogP contribution is -2.24. The Hall–Kier alpha value is -0.800. The third-order valence-electron chi connectivity index (χ3n) is 3.27. The number of H-pyrrole nitrogens is 1. The zero-order valence-electron chi connectivity index (χ0n) is 9.38. The molecule has 0 spiro atoms. The SMILES string of the molecule is COCCC1(CNCc2ccc[nH]2)CC1. The second-order valence-electron chi connectivity index (χ2n) is 4.54. The minimum Gasteiger partial charge on any atom is -0.385 e. The van der Waals surface area contributed by atoms with Gasteiger partial charge in [-0.3, -0.25) is 0 Å². The van der Waals surface area contributed by atoms with Gasteiger partial charge in [-0.2, -0.15) is 0 Å². The van der Waals surface area contributed by atoms with Crippen LogP contribution in [0, 0.1) is 5.41 Å². The van der Waals surface area contributed by atoms with E-state index in [0.717, 1.165) is 19.7 Å². The van der Waals surface area contributed by atoms with Gasteiger partial charge >= 0.3 is 0 Å². The molecule has 1 saturated carbocycles. The molecule has 15 heavy (non-hydrogen) atoms. The van der Waals surface area contributed by atoms with E-state index < -0.39 is 0 Å². The van der Waals surface area contributed by atoms with Crippen molar-refractivity contribution in [3.8, 4) is 0 Å². The molecule has 0 saturated heterocycles. The molecule has 1 aromatic rings. The predicted molar refractivity (Wildman–Crippen MR) is 60.7 cm³/mol. The van der Waals surface area contributed by atoms with Crippen LogP contribution in [-0.4, -0.2) is 25.2 Å². The van der Waals surface area contributed by atoms with Gasteiger partial charge in [0.2, 0.25) is 0 Å². The van der Waals surface area contributed by atoms with Gasteiger partial charge in [0.1, 0.15) is 0 Å². The molecule has 1 heterocycles. The summed E-state index contributed by atoms with van der Waals surface area (Å²) in [5.41, 5.74) is 1.81. The lowest BCUT2D eigenvalue weighted by atomic mass is 10.0. The number of hydrogen-bond acceptors (Lipinski definition) is 2. The van der Waals surface area contributed by atoms with Crippen molar-refractivity contribution in [1.29, 1.82) is 0 Å². The first-order valence-corrected chi connectivity index (χ1v) is 5.67. The molecule has 1 fully saturated rings. The van der Waals surface area contributed by atoms with Crippen LogP contribution >= 0.6 is 0 Å². The highest BCUT2D eigenvalue weighted by molar-refractivity contribution is 5.03. The van der Waals surface area contributed by atoms with Crippen LogP contribution in [0.4, 0.5) is 0 Å². The monoisotopic (exact) mass is 208 g/mol. The molecule has 1 aliphatic rings. The van der Waals surface area contributed by atoms with E-state index in [1.165, 1.54) is 25.0 Å². The molecule has 2 N–H and O–H groups in total. The number of ether oxygens (including phenoxy) is 1. The smallest absolute Gasteiger partial charge is 0.0468 e. The van der Waals surface area contributed by atoms with Crippen LogP contribution < -0.4 is 5.32 Å². The Labute approximate surface area is 91.2 Å². The molecule has 0 aliphatic heterocycles. The summed E-state index contributed by atoms with van der Waals surface area (Å²) >= 11 is 0. The molecule has 3 nitrogen and oxygen atoms in total. The summed E-state index contributed by atoms with van der Waals surface area (Å²) in [5.74, 6) is 0. The Morgan fingerprint density at radius 2 is 2.40 bits per heavy atom. The molecular formula is C12H20N2O. The maximum absolute atomic E-state index is 5.14. The van der Waals surface area contributed by atoms with E-state index in [2.05, 4.69) is 16.4 Å². The Morgan fingerprint density at radius 1 is 1.53 bits per heavy atom. The van der Waals surface area contributed by atoms with Gasteiger partial charge in [0.25, 0.3) is 0 Å². The van der Waals surface area contributed by atoms with Gasteiger partial charge in [-0.25, -0.2) is 0 Å². The van der Waals surface area contributed by atoms with Gasteiger partial charge in [-0.1, -0.05) is 0 Å². The summed E-state index contributed by atoms with van der Waals surface area (Å²) in [5, 5.41) is 3.51. The summed E-state index contributed by atoms with van der Waals surface area (Å²) in [4.78, 5) is 3.20. The van der Waals surface area contributed by atoms with E-state index in [-0.39, 0.29) is 0 Å². The predicted octanol–water partition coefficient (Wildman–Crippen LogP) is 1.92. The Kier molecular flexibility index (Phi) is 3.44. The van der Waals surface area contributed by atoms with Crippen molar-refractivity contribution in [2.75, 3.05) is 20.3 Å². The van der Waals surface area contributed by atoms with Crippen LogP contribution in [0.2, 0.25) is 0 Å². The van der Waals surface area contributed by atoms with Crippen molar-refractivity contribution in [1.82, 2.24) is 10.3 Å². The first kappa shape index (κ1) is 10.7. The van der Waals surface area contributed by atoms with Crippen LogP contribution in [0.15, 0.2) is 18.3 Å². The minimum atomic E-state index is 0.544. The van der Waals surface area contributed by atoms with Crippen molar-refractivity contribution < 1.29 is 4.74 Å². The summed E-state index contributed by atoms with van der Waals surface area (Å²) < 4.78 is 5.14. The van der Waals surface area contributed by atoms with Crippen molar-refractivity contribution in [3.63, 3.8) is 0 Å². The topological polar surface area (TPSA) is 37.0 Å². The number of hydrogen-bond donors (Lipinski definition) is 2. The highest BCUT2D eigenvalue weighted by atomic mass is 16.5. The van der Waals surface area contributed by atoms with E-state index in [0.29, 0.717) is 5.41 Å². The maximum atomic E-state index is 5.14. The molecule has 0 aromatic carbocycles. The second kappa shape index (κ2) is 4.81. The Bertz CT molecular complexity index is 278. The van der Waals surface area contributed by atoms with Crippen LogP contribution in [-0.2, 0) is 11.3 Å². The van der Waals surface area contributed by atoms with Crippen LogP contribution in [0.25, 0.3) is 0 Å². The molecule has 0 unspecified atom stereocenters. The van der Waals surface area contributed by atoms with Gasteiger partial charge in [-0.05, 0) is 36.8 Å². The van der Waals surface area contributed by atoms with E-state index in [1.54, 1.807) is 7.11 Å².